The Morgan fingerprint density at radius 1 is 0.667 bits per heavy atom. The minimum atomic E-state index is 0.0961. The van der Waals surface area contributed by atoms with Gasteiger partial charge in [-0.3, -0.25) is 0 Å². The van der Waals surface area contributed by atoms with Crippen molar-refractivity contribution >= 4 is 51.9 Å². The molecule has 0 amide bonds. The summed E-state index contributed by atoms with van der Waals surface area (Å²) in [4.78, 5) is 21.7. The van der Waals surface area contributed by atoms with Crippen LogP contribution in [0.2, 0.25) is 5.28 Å². The standard InChI is InChI=1S/C20H21N7O.C11H13ClN4O.C9H9N3/c28-13-16-8-4-10-26(16)19-17-9-5-11-27(17)24-20(23-19)22-18-12-25(14-21-18)15-6-2-1-3-7-15;12-11-13-10(9-4-2-6-16(9)14-11)15-5-1-3-8(15)7-17;10-9-6-12(7-11-9)8-4-2-1-3-5-8/h1-3,5-7,9,11-12,14,16,28H,4,8,10,13H2,(H,22,24);2,4,6,8,17H,1,3,5,7H2;1-7H,10H2/t16-;8-;/m00./s1. The van der Waals surface area contributed by atoms with Crippen molar-refractivity contribution in [1.82, 2.24) is 48.3 Å². The van der Waals surface area contributed by atoms with Crippen molar-refractivity contribution in [3.05, 3.63) is 128 Å². The third kappa shape index (κ3) is 8.38. The van der Waals surface area contributed by atoms with Crippen LogP contribution >= 0.6 is 11.6 Å². The second kappa shape index (κ2) is 17.1. The van der Waals surface area contributed by atoms with Gasteiger partial charge in [0.25, 0.3) is 0 Å². The number of anilines is 5. The summed E-state index contributed by atoms with van der Waals surface area (Å²) < 4.78 is 7.36. The zero-order chi connectivity index (χ0) is 39.1. The fourth-order valence-corrected chi connectivity index (χ4v) is 7.38. The number of aliphatic hydroxyl groups is 2. The van der Waals surface area contributed by atoms with Crippen LogP contribution in [0.25, 0.3) is 22.4 Å². The van der Waals surface area contributed by atoms with E-state index < -0.39 is 0 Å². The minimum Gasteiger partial charge on any atom is -0.394 e. The predicted octanol–water partition coefficient (Wildman–Crippen LogP) is 5.42. The topological polar surface area (TPSA) is 181 Å². The first-order valence-electron chi connectivity index (χ1n) is 18.8. The van der Waals surface area contributed by atoms with E-state index in [-0.39, 0.29) is 30.6 Å². The highest BCUT2D eigenvalue weighted by Gasteiger charge is 2.28. The second-order valence-corrected chi connectivity index (χ2v) is 14.0. The van der Waals surface area contributed by atoms with Crippen LogP contribution in [0.4, 0.5) is 29.2 Å². The van der Waals surface area contributed by atoms with Gasteiger partial charge in [-0.2, -0.15) is 9.97 Å². The number of benzene rings is 2. The van der Waals surface area contributed by atoms with Gasteiger partial charge in [0.05, 0.1) is 37.7 Å². The molecule has 0 spiro atoms. The molecule has 2 aliphatic heterocycles. The average molecular weight is 787 g/mol. The summed E-state index contributed by atoms with van der Waals surface area (Å²) in [5.74, 6) is 3.33. The van der Waals surface area contributed by atoms with Gasteiger partial charge in [0.2, 0.25) is 11.2 Å². The number of imidazole rings is 2. The van der Waals surface area contributed by atoms with Crippen LogP contribution < -0.4 is 20.9 Å². The van der Waals surface area contributed by atoms with E-state index in [1.54, 1.807) is 23.4 Å². The Bertz CT molecular complexity index is 2520. The average Bonchev–Trinajstić information content (AvgIpc) is 4.10. The van der Waals surface area contributed by atoms with Crippen molar-refractivity contribution in [2.45, 2.75) is 37.8 Å². The molecular formula is C40H43ClN14O2. The molecule has 2 saturated heterocycles. The fraction of sp³-hybridized carbons (Fsp3) is 0.250. The Morgan fingerprint density at radius 2 is 1.21 bits per heavy atom. The van der Waals surface area contributed by atoms with Gasteiger partial charge < -0.3 is 40.2 Å². The molecule has 8 heterocycles. The fourth-order valence-electron chi connectivity index (χ4n) is 7.22. The van der Waals surface area contributed by atoms with Crippen molar-refractivity contribution in [3.63, 3.8) is 0 Å². The van der Waals surface area contributed by atoms with Gasteiger partial charge in [0, 0.05) is 36.9 Å². The van der Waals surface area contributed by atoms with Crippen molar-refractivity contribution in [3.8, 4) is 11.4 Å². The van der Waals surface area contributed by atoms with Crippen LogP contribution in [0.5, 0.6) is 0 Å². The Balaban J connectivity index is 0.000000133. The first-order valence-corrected chi connectivity index (χ1v) is 19.2. The maximum Gasteiger partial charge on any atom is 0.248 e. The highest BCUT2D eigenvalue weighted by molar-refractivity contribution is 6.28. The van der Waals surface area contributed by atoms with E-state index in [1.807, 2.05) is 117 Å². The van der Waals surface area contributed by atoms with Gasteiger partial charge in [-0.25, -0.2) is 19.0 Å². The van der Waals surface area contributed by atoms with Gasteiger partial charge in [-0.05, 0) is 85.8 Å². The van der Waals surface area contributed by atoms with E-state index in [0.717, 1.165) is 72.8 Å². The normalized spacial score (nSPS) is 16.4. The molecule has 292 valence electrons. The number of nitrogens with two attached hydrogens (primary N) is 1. The molecule has 0 unspecified atom stereocenters. The molecule has 2 aliphatic rings. The van der Waals surface area contributed by atoms with E-state index in [0.29, 0.717) is 17.6 Å². The third-order valence-corrected chi connectivity index (χ3v) is 10.1. The van der Waals surface area contributed by atoms with E-state index in [9.17, 15) is 10.2 Å². The zero-order valence-corrected chi connectivity index (χ0v) is 31.8. The number of nitrogen functional groups attached to an aromatic ring is 1. The number of hydrogen-bond acceptors (Lipinski definition) is 12. The van der Waals surface area contributed by atoms with Gasteiger partial charge in [-0.1, -0.05) is 36.4 Å². The molecule has 57 heavy (non-hydrogen) atoms. The van der Waals surface area contributed by atoms with Crippen LogP contribution in [0.15, 0.2) is 122 Å². The lowest BCUT2D eigenvalue weighted by molar-refractivity contribution is 0.266. The number of fused-ring (bicyclic) bond motifs is 2. The molecule has 2 aromatic carbocycles. The quantitative estimate of drug-likeness (QED) is 0.154. The second-order valence-electron chi connectivity index (χ2n) is 13.7. The molecule has 10 rings (SSSR count). The SMILES string of the molecule is Nc1cn(-c2ccccc2)cn1.OC[C@@H]1CCCN1c1nc(Cl)nn2cccc12.OC[C@@H]1CCCN1c1nc(Nc2cn(-c3ccccc3)cn2)nn2cccc12. The van der Waals surface area contributed by atoms with Gasteiger partial charge in [0.1, 0.15) is 29.5 Å². The first-order chi connectivity index (χ1) is 28.0. The number of rotatable bonds is 8. The van der Waals surface area contributed by atoms with Gasteiger partial charge >= 0.3 is 0 Å². The summed E-state index contributed by atoms with van der Waals surface area (Å²) in [7, 11) is 0. The van der Waals surface area contributed by atoms with Crippen LogP contribution in [-0.4, -0.2) is 96.9 Å². The highest BCUT2D eigenvalue weighted by Crippen LogP contribution is 2.30. The molecule has 6 aromatic heterocycles. The molecule has 2 atom stereocenters. The molecule has 17 heteroatoms. The zero-order valence-electron chi connectivity index (χ0n) is 31.1. The lowest BCUT2D eigenvalue weighted by Gasteiger charge is -2.25. The number of aromatic nitrogens is 10. The lowest BCUT2D eigenvalue weighted by Crippen LogP contribution is -2.33. The molecule has 0 saturated carbocycles. The van der Waals surface area contributed by atoms with Crippen molar-refractivity contribution in [1.29, 1.82) is 0 Å². The van der Waals surface area contributed by atoms with Crippen molar-refractivity contribution in [2.24, 2.45) is 0 Å². The van der Waals surface area contributed by atoms with Crippen LogP contribution in [0.3, 0.4) is 0 Å². The molecule has 0 aliphatic carbocycles. The van der Waals surface area contributed by atoms with E-state index in [4.69, 9.17) is 22.3 Å². The van der Waals surface area contributed by atoms with E-state index in [1.165, 1.54) is 0 Å². The molecule has 2 fully saturated rings. The largest absolute Gasteiger partial charge is 0.394 e. The number of hydrogen-bond donors (Lipinski definition) is 4. The molecule has 8 aromatic rings. The van der Waals surface area contributed by atoms with Crippen LogP contribution in [0.1, 0.15) is 25.7 Å². The summed E-state index contributed by atoms with van der Waals surface area (Å²) in [6, 6.07) is 28.0. The summed E-state index contributed by atoms with van der Waals surface area (Å²) >= 11 is 5.92. The number of nitrogens with zero attached hydrogens (tertiary/aromatic N) is 12. The molecule has 0 radical (unpaired) electrons. The smallest absolute Gasteiger partial charge is 0.248 e. The Kier molecular flexibility index (Phi) is 11.2. The maximum absolute atomic E-state index is 9.72. The third-order valence-electron chi connectivity index (χ3n) is 9.97. The number of aliphatic hydroxyl groups excluding tert-OH is 2. The summed E-state index contributed by atoms with van der Waals surface area (Å²) in [5, 5.41) is 31.2. The highest BCUT2D eigenvalue weighted by atomic mass is 35.5. The molecule has 16 nitrogen and oxygen atoms in total. The Labute approximate surface area is 333 Å². The molecule has 0 bridgehead atoms. The first kappa shape index (κ1) is 37.4. The molecular weight excluding hydrogens is 744 g/mol. The number of para-hydroxylation sites is 2. The number of halogens is 1. The summed E-state index contributed by atoms with van der Waals surface area (Å²) in [6.07, 6.45) is 15.0. The number of nitrogens with one attached hydrogen (secondary N) is 1. The summed E-state index contributed by atoms with van der Waals surface area (Å²) in [6.45, 7) is 2.06. The van der Waals surface area contributed by atoms with Crippen LogP contribution in [-0.2, 0) is 0 Å². The van der Waals surface area contributed by atoms with E-state index >= 15 is 0 Å². The van der Waals surface area contributed by atoms with E-state index in [2.05, 4.69) is 40.3 Å². The van der Waals surface area contributed by atoms with Gasteiger partial charge in [-0.15, -0.1) is 10.2 Å². The van der Waals surface area contributed by atoms with Gasteiger partial charge in [0.15, 0.2) is 17.5 Å². The Hall–Kier alpha value is -6.49. The molecule has 5 N–H and O–H groups in total. The predicted molar refractivity (Wildman–Crippen MR) is 221 cm³/mol. The minimum absolute atomic E-state index is 0.0961. The summed E-state index contributed by atoms with van der Waals surface area (Å²) in [5.41, 5.74) is 9.45. The monoisotopic (exact) mass is 786 g/mol. The Morgan fingerprint density at radius 3 is 1.77 bits per heavy atom. The maximum atomic E-state index is 9.72. The van der Waals surface area contributed by atoms with Crippen LogP contribution in [0, 0.1) is 0 Å². The lowest BCUT2D eigenvalue weighted by atomic mass is 10.2. The van der Waals surface area contributed by atoms with Crippen molar-refractivity contribution < 1.29 is 10.2 Å². The van der Waals surface area contributed by atoms with Crippen molar-refractivity contribution in [2.75, 3.05) is 47.2 Å².